The number of nitrogens with zero attached hydrogens (tertiary/aromatic N) is 4. The standard InChI is InChI=1S/C11H14BrN5/c1-7-9(13)17-11(8(12)6-14-17)15-10(7)16-4-2-3-5-16/h6H,2-5,13H2,1H3. The zero-order valence-corrected chi connectivity index (χ0v) is 11.2. The molecule has 1 aliphatic rings. The Morgan fingerprint density at radius 3 is 2.76 bits per heavy atom. The molecular weight excluding hydrogens is 282 g/mol. The number of hydrogen-bond acceptors (Lipinski definition) is 4. The lowest BCUT2D eigenvalue weighted by atomic mass is 10.3. The molecule has 0 unspecified atom stereocenters. The van der Waals surface area contributed by atoms with E-state index in [1.165, 1.54) is 12.8 Å². The Hall–Kier alpha value is -1.30. The van der Waals surface area contributed by atoms with E-state index in [-0.39, 0.29) is 0 Å². The summed E-state index contributed by atoms with van der Waals surface area (Å²) >= 11 is 3.45. The van der Waals surface area contributed by atoms with Crippen molar-refractivity contribution in [2.24, 2.45) is 0 Å². The van der Waals surface area contributed by atoms with Crippen molar-refractivity contribution in [3.05, 3.63) is 16.2 Å². The van der Waals surface area contributed by atoms with Crippen molar-refractivity contribution in [2.45, 2.75) is 19.8 Å². The quantitative estimate of drug-likeness (QED) is 0.874. The van der Waals surface area contributed by atoms with Crippen LogP contribution in [0.3, 0.4) is 0 Å². The van der Waals surface area contributed by atoms with Gasteiger partial charge in [-0.3, -0.25) is 0 Å². The molecule has 0 saturated carbocycles. The van der Waals surface area contributed by atoms with Crippen LogP contribution in [0.2, 0.25) is 0 Å². The van der Waals surface area contributed by atoms with Crippen molar-refractivity contribution in [1.29, 1.82) is 0 Å². The SMILES string of the molecule is Cc1c(N2CCCC2)nc2c(Br)cnn2c1N. The first-order valence-electron chi connectivity index (χ1n) is 5.73. The van der Waals surface area contributed by atoms with E-state index in [9.17, 15) is 0 Å². The third kappa shape index (κ3) is 1.58. The third-order valence-corrected chi connectivity index (χ3v) is 3.83. The van der Waals surface area contributed by atoms with Crippen LogP contribution in [0.4, 0.5) is 11.6 Å². The molecule has 2 aromatic heterocycles. The van der Waals surface area contributed by atoms with E-state index in [4.69, 9.17) is 5.73 Å². The molecule has 0 amide bonds. The molecule has 3 heterocycles. The number of aromatic nitrogens is 3. The van der Waals surface area contributed by atoms with Gasteiger partial charge in [-0.25, -0.2) is 4.98 Å². The van der Waals surface area contributed by atoms with Crippen molar-refractivity contribution in [1.82, 2.24) is 14.6 Å². The van der Waals surface area contributed by atoms with Crippen molar-refractivity contribution in [2.75, 3.05) is 23.7 Å². The monoisotopic (exact) mass is 295 g/mol. The van der Waals surface area contributed by atoms with Gasteiger partial charge in [0.15, 0.2) is 5.65 Å². The van der Waals surface area contributed by atoms with Gasteiger partial charge >= 0.3 is 0 Å². The second-order valence-corrected chi connectivity index (χ2v) is 5.22. The number of rotatable bonds is 1. The first kappa shape index (κ1) is 10.8. The number of hydrogen-bond donors (Lipinski definition) is 1. The normalized spacial score (nSPS) is 16.0. The second kappa shape index (κ2) is 3.87. The molecule has 6 heteroatoms. The predicted molar refractivity (Wildman–Crippen MR) is 71.3 cm³/mol. The molecule has 90 valence electrons. The smallest absolute Gasteiger partial charge is 0.173 e. The van der Waals surface area contributed by atoms with Gasteiger partial charge in [0.05, 0.1) is 10.7 Å². The first-order chi connectivity index (χ1) is 8.18. The summed E-state index contributed by atoms with van der Waals surface area (Å²) in [6.07, 6.45) is 4.19. The third-order valence-electron chi connectivity index (χ3n) is 3.27. The summed E-state index contributed by atoms with van der Waals surface area (Å²) in [4.78, 5) is 6.97. The lowest BCUT2D eigenvalue weighted by Gasteiger charge is -2.20. The first-order valence-corrected chi connectivity index (χ1v) is 6.52. The molecule has 5 nitrogen and oxygen atoms in total. The highest BCUT2D eigenvalue weighted by atomic mass is 79.9. The van der Waals surface area contributed by atoms with Gasteiger partial charge in [-0.2, -0.15) is 9.61 Å². The highest BCUT2D eigenvalue weighted by Crippen LogP contribution is 2.29. The number of nitrogen functional groups attached to an aromatic ring is 1. The van der Waals surface area contributed by atoms with Crippen molar-refractivity contribution in [3.8, 4) is 0 Å². The maximum absolute atomic E-state index is 6.11. The summed E-state index contributed by atoms with van der Waals surface area (Å²) in [5.74, 6) is 1.66. The molecule has 2 aromatic rings. The average Bonchev–Trinajstić information content (AvgIpc) is 2.94. The minimum Gasteiger partial charge on any atom is -0.383 e. The van der Waals surface area contributed by atoms with Crippen LogP contribution in [0.25, 0.3) is 5.65 Å². The van der Waals surface area contributed by atoms with E-state index in [2.05, 4.69) is 30.9 Å². The van der Waals surface area contributed by atoms with Gasteiger partial charge < -0.3 is 10.6 Å². The van der Waals surface area contributed by atoms with Gasteiger partial charge in [0.25, 0.3) is 0 Å². The van der Waals surface area contributed by atoms with Gasteiger partial charge in [0.1, 0.15) is 11.6 Å². The van der Waals surface area contributed by atoms with Gasteiger partial charge in [0, 0.05) is 18.7 Å². The molecule has 0 aromatic carbocycles. The van der Waals surface area contributed by atoms with Gasteiger partial charge in [-0.15, -0.1) is 0 Å². The topological polar surface area (TPSA) is 59.5 Å². The van der Waals surface area contributed by atoms with Crippen LogP contribution in [0, 0.1) is 6.92 Å². The molecule has 0 radical (unpaired) electrons. The number of anilines is 2. The van der Waals surface area contributed by atoms with Crippen LogP contribution in [-0.2, 0) is 0 Å². The van der Waals surface area contributed by atoms with Gasteiger partial charge in [0.2, 0.25) is 0 Å². The number of halogens is 1. The summed E-state index contributed by atoms with van der Waals surface area (Å²) in [6, 6.07) is 0. The van der Waals surface area contributed by atoms with Gasteiger partial charge in [-0.1, -0.05) is 0 Å². The number of nitrogens with two attached hydrogens (primary N) is 1. The van der Waals surface area contributed by atoms with E-state index in [1.807, 2.05) is 6.92 Å². The fourth-order valence-corrected chi connectivity index (χ4v) is 2.64. The highest BCUT2D eigenvalue weighted by Gasteiger charge is 2.20. The molecule has 3 rings (SSSR count). The molecular formula is C11H14BrN5. The van der Waals surface area contributed by atoms with Gasteiger partial charge in [-0.05, 0) is 35.7 Å². The molecule has 0 bridgehead atoms. The maximum atomic E-state index is 6.11. The Morgan fingerprint density at radius 1 is 1.35 bits per heavy atom. The van der Waals surface area contributed by atoms with Crippen molar-refractivity contribution in [3.63, 3.8) is 0 Å². The van der Waals surface area contributed by atoms with Crippen LogP contribution in [0.15, 0.2) is 10.7 Å². The van der Waals surface area contributed by atoms with E-state index in [1.54, 1.807) is 10.7 Å². The van der Waals surface area contributed by atoms with E-state index in [0.717, 1.165) is 34.6 Å². The van der Waals surface area contributed by atoms with Crippen molar-refractivity contribution < 1.29 is 0 Å². The van der Waals surface area contributed by atoms with Crippen LogP contribution in [0.5, 0.6) is 0 Å². The van der Waals surface area contributed by atoms with Crippen LogP contribution >= 0.6 is 15.9 Å². The fourth-order valence-electron chi connectivity index (χ4n) is 2.29. The molecule has 1 aliphatic heterocycles. The summed E-state index contributed by atoms with van der Waals surface area (Å²) in [5.41, 5.74) is 7.91. The Kier molecular flexibility index (Phi) is 2.47. The van der Waals surface area contributed by atoms with Crippen molar-refractivity contribution >= 4 is 33.2 Å². The molecule has 17 heavy (non-hydrogen) atoms. The summed E-state index contributed by atoms with van der Waals surface area (Å²) < 4.78 is 2.56. The fraction of sp³-hybridized carbons (Fsp3) is 0.455. The van der Waals surface area contributed by atoms with Crippen LogP contribution in [-0.4, -0.2) is 27.7 Å². The molecule has 0 atom stereocenters. The zero-order valence-electron chi connectivity index (χ0n) is 9.65. The van der Waals surface area contributed by atoms with Crippen LogP contribution in [0.1, 0.15) is 18.4 Å². The molecule has 1 fully saturated rings. The molecule has 0 aliphatic carbocycles. The van der Waals surface area contributed by atoms with E-state index in [0.29, 0.717) is 5.82 Å². The van der Waals surface area contributed by atoms with E-state index < -0.39 is 0 Å². The predicted octanol–water partition coefficient (Wildman–Crippen LogP) is 1.98. The molecule has 1 saturated heterocycles. The molecule has 0 spiro atoms. The molecule has 2 N–H and O–H groups in total. The highest BCUT2D eigenvalue weighted by molar-refractivity contribution is 9.10. The lowest BCUT2D eigenvalue weighted by Crippen LogP contribution is -2.21. The second-order valence-electron chi connectivity index (χ2n) is 4.37. The Bertz CT molecular complexity index is 571. The lowest BCUT2D eigenvalue weighted by molar-refractivity contribution is 0.893. The van der Waals surface area contributed by atoms with Crippen LogP contribution < -0.4 is 10.6 Å². The van der Waals surface area contributed by atoms with E-state index >= 15 is 0 Å². The Labute approximate surface area is 108 Å². The number of fused-ring (bicyclic) bond motifs is 1. The minimum atomic E-state index is 0.669. The Balaban J connectivity index is 2.23. The summed E-state index contributed by atoms with van der Waals surface area (Å²) in [6.45, 7) is 4.13. The largest absolute Gasteiger partial charge is 0.383 e. The Morgan fingerprint density at radius 2 is 2.06 bits per heavy atom. The zero-order chi connectivity index (χ0) is 12.0. The minimum absolute atomic E-state index is 0.669. The summed E-state index contributed by atoms with van der Waals surface area (Å²) in [7, 11) is 0. The maximum Gasteiger partial charge on any atom is 0.173 e. The average molecular weight is 296 g/mol. The summed E-state index contributed by atoms with van der Waals surface area (Å²) in [5, 5.41) is 4.21.